The van der Waals surface area contributed by atoms with Crippen LogP contribution in [0.1, 0.15) is 13.8 Å². The Morgan fingerprint density at radius 2 is 2.09 bits per heavy atom. The van der Waals surface area contributed by atoms with E-state index in [0.717, 1.165) is 18.9 Å². The molecule has 0 saturated carbocycles. The van der Waals surface area contributed by atoms with Gasteiger partial charge in [0.25, 0.3) is 0 Å². The molecule has 0 atom stereocenters. The third kappa shape index (κ3) is 1.90. The Labute approximate surface area is 67.1 Å². The van der Waals surface area contributed by atoms with Crippen LogP contribution in [0.25, 0.3) is 0 Å². The standard InChI is InChI=1S/C8H12N3/c1-3-11(4-2)8-7-9-5-6-10-8/h5-6H,3-4H2,1-2H3. The van der Waals surface area contributed by atoms with Gasteiger partial charge in [0.1, 0.15) is 6.20 Å². The molecular formula is C8H12N3. The molecule has 0 spiro atoms. The van der Waals surface area contributed by atoms with Gasteiger partial charge in [0.05, 0.1) is 0 Å². The van der Waals surface area contributed by atoms with Gasteiger partial charge in [-0.1, -0.05) is 0 Å². The van der Waals surface area contributed by atoms with Crippen molar-refractivity contribution in [3.63, 3.8) is 0 Å². The molecule has 0 aromatic carbocycles. The topological polar surface area (TPSA) is 29.0 Å². The minimum atomic E-state index is 0.831. The maximum Gasteiger partial charge on any atom is 0.156 e. The minimum Gasteiger partial charge on any atom is -0.355 e. The van der Waals surface area contributed by atoms with Crippen LogP contribution in [0.3, 0.4) is 0 Å². The zero-order valence-corrected chi connectivity index (χ0v) is 6.91. The third-order valence-corrected chi connectivity index (χ3v) is 1.57. The van der Waals surface area contributed by atoms with E-state index in [1.165, 1.54) is 0 Å². The molecule has 1 heterocycles. The molecule has 0 N–H and O–H groups in total. The third-order valence-electron chi connectivity index (χ3n) is 1.57. The van der Waals surface area contributed by atoms with Gasteiger partial charge in [0, 0.05) is 25.5 Å². The molecule has 1 rings (SSSR count). The van der Waals surface area contributed by atoms with Crippen molar-refractivity contribution >= 4 is 5.82 Å². The SMILES string of the molecule is CCN(CC)c1[c]nccn1. The molecule has 0 unspecified atom stereocenters. The molecule has 0 amide bonds. The van der Waals surface area contributed by atoms with Crippen molar-refractivity contribution in [3.8, 4) is 0 Å². The quantitative estimate of drug-likeness (QED) is 0.646. The van der Waals surface area contributed by atoms with E-state index in [2.05, 4.69) is 34.9 Å². The van der Waals surface area contributed by atoms with E-state index in [4.69, 9.17) is 0 Å². The van der Waals surface area contributed by atoms with Gasteiger partial charge in [-0.25, -0.2) is 9.97 Å². The van der Waals surface area contributed by atoms with Gasteiger partial charge in [0.15, 0.2) is 5.82 Å². The molecule has 0 saturated heterocycles. The van der Waals surface area contributed by atoms with E-state index in [9.17, 15) is 0 Å². The summed E-state index contributed by atoms with van der Waals surface area (Å²) < 4.78 is 0. The molecule has 1 aromatic heterocycles. The van der Waals surface area contributed by atoms with Crippen molar-refractivity contribution in [2.45, 2.75) is 13.8 Å². The first kappa shape index (κ1) is 7.98. The summed E-state index contributed by atoms with van der Waals surface area (Å²) in [6, 6.07) is 0. The summed E-state index contributed by atoms with van der Waals surface area (Å²) in [5.41, 5.74) is 0. The number of hydrogen-bond donors (Lipinski definition) is 0. The molecular weight excluding hydrogens is 138 g/mol. The second kappa shape index (κ2) is 3.91. The Morgan fingerprint density at radius 1 is 1.36 bits per heavy atom. The van der Waals surface area contributed by atoms with Crippen LogP contribution < -0.4 is 4.90 Å². The molecule has 1 aromatic rings. The molecule has 0 aliphatic carbocycles. The Hall–Kier alpha value is -1.12. The first-order valence-electron chi connectivity index (χ1n) is 3.82. The highest BCUT2D eigenvalue weighted by Crippen LogP contribution is 2.04. The highest BCUT2D eigenvalue weighted by atomic mass is 15.2. The predicted octanol–water partition coefficient (Wildman–Crippen LogP) is 1.12. The monoisotopic (exact) mass is 150 g/mol. The van der Waals surface area contributed by atoms with Gasteiger partial charge in [-0.15, -0.1) is 0 Å². The highest BCUT2D eigenvalue weighted by Gasteiger charge is 2.00. The lowest BCUT2D eigenvalue weighted by Gasteiger charge is -2.17. The van der Waals surface area contributed by atoms with E-state index in [1.807, 2.05) is 0 Å². The van der Waals surface area contributed by atoms with Crippen LogP contribution in [0.2, 0.25) is 0 Å². The average molecular weight is 150 g/mol. The first-order chi connectivity index (χ1) is 5.38. The number of hydrogen-bond acceptors (Lipinski definition) is 3. The van der Waals surface area contributed by atoms with Crippen LogP contribution >= 0.6 is 0 Å². The molecule has 59 valence electrons. The van der Waals surface area contributed by atoms with E-state index in [1.54, 1.807) is 12.4 Å². The molecule has 1 radical (unpaired) electrons. The average Bonchev–Trinajstić information content (AvgIpc) is 2.09. The van der Waals surface area contributed by atoms with Crippen LogP contribution in [0.15, 0.2) is 12.4 Å². The second-order valence-electron chi connectivity index (χ2n) is 2.16. The summed E-state index contributed by atoms with van der Waals surface area (Å²) in [5.74, 6) is 0.831. The lowest BCUT2D eigenvalue weighted by molar-refractivity contribution is 0.839. The Balaban J connectivity index is 2.74. The van der Waals surface area contributed by atoms with Crippen LogP contribution in [0, 0.1) is 6.20 Å². The second-order valence-corrected chi connectivity index (χ2v) is 2.16. The maximum absolute atomic E-state index is 4.13. The summed E-state index contributed by atoms with van der Waals surface area (Å²) in [5, 5.41) is 0. The zero-order valence-electron chi connectivity index (χ0n) is 6.91. The van der Waals surface area contributed by atoms with Crippen molar-refractivity contribution in [2.75, 3.05) is 18.0 Å². The molecule has 0 aliphatic rings. The molecule has 0 aliphatic heterocycles. The number of anilines is 1. The summed E-state index contributed by atoms with van der Waals surface area (Å²) in [6.45, 7) is 6.08. The van der Waals surface area contributed by atoms with Gasteiger partial charge >= 0.3 is 0 Å². The van der Waals surface area contributed by atoms with Gasteiger partial charge in [-0.05, 0) is 13.8 Å². The number of aromatic nitrogens is 2. The van der Waals surface area contributed by atoms with Crippen molar-refractivity contribution in [1.82, 2.24) is 9.97 Å². The van der Waals surface area contributed by atoms with Crippen LogP contribution in [-0.4, -0.2) is 23.1 Å². The minimum absolute atomic E-state index is 0.831. The maximum atomic E-state index is 4.13. The molecule has 0 bridgehead atoms. The largest absolute Gasteiger partial charge is 0.355 e. The Morgan fingerprint density at radius 3 is 2.55 bits per heavy atom. The van der Waals surface area contributed by atoms with Gasteiger partial charge < -0.3 is 4.90 Å². The van der Waals surface area contributed by atoms with E-state index in [0.29, 0.717) is 0 Å². The fraction of sp³-hybridized carbons (Fsp3) is 0.500. The molecule has 11 heavy (non-hydrogen) atoms. The molecule has 3 nitrogen and oxygen atoms in total. The predicted molar refractivity (Wildman–Crippen MR) is 44.4 cm³/mol. The number of rotatable bonds is 3. The summed E-state index contributed by atoms with van der Waals surface area (Å²) >= 11 is 0. The Bertz CT molecular complexity index is 194. The van der Waals surface area contributed by atoms with Crippen molar-refractivity contribution in [3.05, 3.63) is 18.6 Å². The molecule has 3 heteroatoms. The van der Waals surface area contributed by atoms with E-state index in [-0.39, 0.29) is 0 Å². The highest BCUT2D eigenvalue weighted by molar-refractivity contribution is 5.32. The lowest BCUT2D eigenvalue weighted by atomic mass is 10.5. The smallest absolute Gasteiger partial charge is 0.156 e. The van der Waals surface area contributed by atoms with E-state index >= 15 is 0 Å². The van der Waals surface area contributed by atoms with Gasteiger partial charge in [-0.2, -0.15) is 0 Å². The van der Waals surface area contributed by atoms with Gasteiger partial charge in [0.2, 0.25) is 0 Å². The van der Waals surface area contributed by atoms with Crippen LogP contribution in [0.4, 0.5) is 5.82 Å². The van der Waals surface area contributed by atoms with Crippen LogP contribution in [-0.2, 0) is 0 Å². The van der Waals surface area contributed by atoms with Crippen molar-refractivity contribution < 1.29 is 0 Å². The first-order valence-corrected chi connectivity index (χ1v) is 3.82. The lowest BCUT2D eigenvalue weighted by Crippen LogP contribution is -2.22. The van der Waals surface area contributed by atoms with Crippen LogP contribution in [0.5, 0.6) is 0 Å². The summed E-state index contributed by atoms with van der Waals surface area (Å²) in [7, 11) is 0. The van der Waals surface area contributed by atoms with Crippen molar-refractivity contribution in [1.29, 1.82) is 0 Å². The Kier molecular flexibility index (Phi) is 2.83. The summed E-state index contributed by atoms with van der Waals surface area (Å²) in [4.78, 5) is 10.1. The zero-order chi connectivity index (χ0) is 8.10. The summed E-state index contributed by atoms with van der Waals surface area (Å²) in [6.07, 6.45) is 6.15. The van der Waals surface area contributed by atoms with E-state index < -0.39 is 0 Å². The fourth-order valence-corrected chi connectivity index (χ4v) is 0.937. The molecule has 0 fully saturated rings. The fourth-order valence-electron chi connectivity index (χ4n) is 0.937. The van der Waals surface area contributed by atoms with Crippen molar-refractivity contribution in [2.24, 2.45) is 0 Å². The number of nitrogens with zero attached hydrogens (tertiary/aromatic N) is 3. The normalized spacial score (nSPS) is 9.64. The van der Waals surface area contributed by atoms with Gasteiger partial charge in [-0.3, -0.25) is 0 Å².